The maximum atomic E-state index is 8.21. The molecule has 0 aromatic heterocycles. The molecule has 0 heterocycles. The van der Waals surface area contributed by atoms with Crippen LogP contribution in [0.3, 0.4) is 0 Å². The van der Waals surface area contributed by atoms with E-state index in [4.69, 9.17) is 5.26 Å². The minimum absolute atomic E-state index is 0.303. The van der Waals surface area contributed by atoms with Crippen molar-refractivity contribution in [2.24, 2.45) is 11.8 Å². The molecule has 2 atom stereocenters. The SMILES string of the molecule is C=CC1CC1C#N. The third kappa shape index (κ3) is 0.640. The molecule has 0 bridgehead atoms. The minimum atomic E-state index is 0.303. The van der Waals surface area contributed by atoms with Gasteiger partial charge in [0.1, 0.15) is 0 Å². The van der Waals surface area contributed by atoms with Crippen LogP contribution in [0.25, 0.3) is 0 Å². The fourth-order valence-electron chi connectivity index (χ4n) is 0.624. The maximum absolute atomic E-state index is 8.21. The monoisotopic (exact) mass is 93.1 g/mol. The average Bonchev–Trinajstić information content (AvgIpc) is 2.43. The molecule has 0 saturated heterocycles. The molecule has 1 saturated carbocycles. The minimum Gasteiger partial charge on any atom is -0.198 e. The van der Waals surface area contributed by atoms with Crippen molar-refractivity contribution in [2.75, 3.05) is 0 Å². The molecule has 36 valence electrons. The van der Waals surface area contributed by atoms with E-state index < -0.39 is 0 Å². The van der Waals surface area contributed by atoms with Crippen molar-refractivity contribution in [3.8, 4) is 6.07 Å². The van der Waals surface area contributed by atoms with Gasteiger partial charge in [-0.25, -0.2) is 0 Å². The first-order valence-electron chi connectivity index (χ1n) is 2.40. The smallest absolute Gasteiger partial charge is 0.0662 e. The molecular weight excluding hydrogens is 86.1 g/mol. The summed E-state index contributed by atoms with van der Waals surface area (Å²) in [7, 11) is 0. The van der Waals surface area contributed by atoms with Gasteiger partial charge in [0.05, 0.1) is 12.0 Å². The van der Waals surface area contributed by atoms with Gasteiger partial charge in [0.15, 0.2) is 0 Å². The third-order valence-electron chi connectivity index (χ3n) is 1.31. The summed E-state index contributed by atoms with van der Waals surface area (Å²) >= 11 is 0. The van der Waals surface area contributed by atoms with Crippen LogP contribution in [0.15, 0.2) is 12.7 Å². The number of hydrogen-bond donors (Lipinski definition) is 0. The molecule has 0 aliphatic heterocycles. The Morgan fingerprint density at radius 1 is 1.86 bits per heavy atom. The van der Waals surface area contributed by atoms with E-state index in [2.05, 4.69) is 12.6 Å². The number of allylic oxidation sites excluding steroid dienone is 1. The van der Waals surface area contributed by atoms with Gasteiger partial charge in [-0.05, 0) is 12.3 Å². The lowest BCUT2D eigenvalue weighted by Crippen LogP contribution is -1.66. The van der Waals surface area contributed by atoms with Gasteiger partial charge in [0.25, 0.3) is 0 Å². The largest absolute Gasteiger partial charge is 0.198 e. The lowest BCUT2D eigenvalue weighted by Gasteiger charge is -1.70. The number of nitriles is 1. The van der Waals surface area contributed by atoms with E-state index in [0.29, 0.717) is 11.8 Å². The van der Waals surface area contributed by atoms with Crippen molar-refractivity contribution >= 4 is 0 Å². The first kappa shape index (κ1) is 4.39. The predicted molar refractivity (Wildman–Crippen MR) is 27.4 cm³/mol. The summed E-state index contributed by atoms with van der Waals surface area (Å²) in [5.41, 5.74) is 0. The Kier molecular flexibility index (Phi) is 0.867. The van der Waals surface area contributed by atoms with Crippen molar-refractivity contribution in [3.05, 3.63) is 12.7 Å². The van der Waals surface area contributed by atoms with Gasteiger partial charge < -0.3 is 0 Å². The standard InChI is InChI=1S/C6H7N/c1-2-5-3-6(5)4-7/h2,5-6H,1,3H2. The highest BCUT2D eigenvalue weighted by Crippen LogP contribution is 2.37. The molecule has 0 spiro atoms. The zero-order chi connectivity index (χ0) is 5.28. The van der Waals surface area contributed by atoms with Crippen LogP contribution in [0.5, 0.6) is 0 Å². The Morgan fingerprint density at radius 2 is 2.57 bits per heavy atom. The first-order valence-corrected chi connectivity index (χ1v) is 2.40. The summed E-state index contributed by atoms with van der Waals surface area (Å²) in [5, 5.41) is 8.21. The van der Waals surface area contributed by atoms with E-state index in [0.717, 1.165) is 6.42 Å². The molecule has 0 amide bonds. The van der Waals surface area contributed by atoms with E-state index in [-0.39, 0.29) is 0 Å². The van der Waals surface area contributed by atoms with Crippen LogP contribution >= 0.6 is 0 Å². The van der Waals surface area contributed by atoms with Crippen molar-refractivity contribution in [1.29, 1.82) is 5.26 Å². The van der Waals surface area contributed by atoms with Crippen LogP contribution in [0.1, 0.15) is 6.42 Å². The average molecular weight is 93.1 g/mol. The van der Waals surface area contributed by atoms with Gasteiger partial charge in [0, 0.05) is 0 Å². The summed E-state index contributed by atoms with van der Waals surface area (Å²) in [6, 6.07) is 2.17. The second-order valence-corrected chi connectivity index (χ2v) is 1.87. The molecule has 1 aliphatic carbocycles. The normalized spacial score (nSPS) is 36.4. The van der Waals surface area contributed by atoms with Crippen LogP contribution < -0.4 is 0 Å². The lowest BCUT2D eigenvalue weighted by molar-refractivity contribution is 1.01. The summed E-state index contributed by atoms with van der Waals surface area (Å²) < 4.78 is 0. The molecule has 0 radical (unpaired) electrons. The Balaban J connectivity index is 2.34. The molecule has 0 N–H and O–H groups in total. The summed E-state index contributed by atoms with van der Waals surface area (Å²) in [6.07, 6.45) is 2.90. The van der Waals surface area contributed by atoms with Crippen molar-refractivity contribution in [3.63, 3.8) is 0 Å². The lowest BCUT2D eigenvalue weighted by atomic mass is 10.3. The fourth-order valence-corrected chi connectivity index (χ4v) is 0.624. The summed E-state index contributed by atoms with van der Waals surface area (Å²) in [6.45, 7) is 3.57. The third-order valence-corrected chi connectivity index (χ3v) is 1.31. The highest BCUT2D eigenvalue weighted by Gasteiger charge is 2.33. The van der Waals surface area contributed by atoms with Crippen LogP contribution in [-0.2, 0) is 0 Å². The predicted octanol–water partition coefficient (Wildman–Crippen LogP) is 1.33. The van der Waals surface area contributed by atoms with Gasteiger partial charge in [-0.2, -0.15) is 5.26 Å². The highest BCUT2D eigenvalue weighted by molar-refractivity contribution is 5.08. The number of rotatable bonds is 1. The van der Waals surface area contributed by atoms with E-state index in [1.54, 1.807) is 0 Å². The molecule has 2 unspecified atom stereocenters. The van der Waals surface area contributed by atoms with Crippen molar-refractivity contribution < 1.29 is 0 Å². The fraction of sp³-hybridized carbons (Fsp3) is 0.500. The number of nitrogens with zero attached hydrogens (tertiary/aromatic N) is 1. The molecule has 1 fully saturated rings. The quantitative estimate of drug-likeness (QED) is 0.449. The van der Waals surface area contributed by atoms with Gasteiger partial charge in [-0.1, -0.05) is 6.08 Å². The second kappa shape index (κ2) is 1.38. The topological polar surface area (TPSA) is 23.8 Å². The van der Waals surface area contributed by atoms with Gasteiger partial charge >= 0.3 is 0 Å². The zero-order valence-corrected chi connectivity index (χ0v) is 4.09. The second-order valence-electron chi connectivity index (χ2n) is 1.87. The number of hydrogen-bond acceptors (Lipinski definition) is 1. The molecule has 7 heavy (non-hydrogen) atoms. The molecule has 1 aliphatic rings. The summed E-state index contributed by atoms with van der Waals surface area (Å²) in [4.78, 5) is 0. The Bertz CT molecular complexity index is 121. The van der Waals surface area contributed by atoms with Crippen molar-refractivity contribution in [2.45, 2.75) is 6.42 Å². The van der Waals surface area contributed by atoms with E-state index in [1.165, 1.54) is 0 Å². The van der Waals surface area contributed by atoms with E-state index in [1.807, 2.05) is 6.08 Å². The Morgan fingerprint density at radius 3 is 2.71 bits per heavy atom. The van der Waals surface area contributed by atoms with Crippen LogP contribution in [0, 0.1) is 23.2 Å². The van der Waals surface area contributed by atoms with E-state index in [9.17, 15) is 0 Å². The molecule has 0 aromatic rings. The zero-order valence-electron chi connectivity index (χ0n) is 4.09. The van der Waals surface area contributed by atoms with Gasteiger partial charge in [0.2, 0.25) is 0 Å². The first-order chi connectivity index (χ1) is 3.38. The van der Waals surface area contributed by atoms with Gasteiger partial charge in [-0.15, -0.1) is 6.58 Å². The van der Waals surface area contributed by atoms with Gasteiger partial charge in [-0.3, -0.25) is 0 Å². The van der Waals surface area contributed by atoms with Crippen molar-refractivity contribution in [1.82, 2.24) is 0 Å². The Labute approximate surface area is 43.3 Å². The summed E-state index contributed by atoms with van der Waals surface area (Å²) in [5.74, 6) is 0.822. The molecule has 1 rings (SSSR count). The maximum Gasteiger partial charge on any atom is 0.0662 e. The highest BCUT2D eigenvalue weighted by atomic mass is 14.4. The molecular formula is C6H7N. The van der Waals surface area contributed by atoms with Crippen LogP contribution in [-0.4, -0.2) is 0 Å². The molecule has 1 heteroatoms. The van der Waals surface area contributed by atoms with Crippen LogP contribution in [0.2, 0.25) is 0 Å². The molecule has 0 aromatic carbocycles. The molecule has 1 nitrogen and oxygen atoms in total. The van der Waals surface area contributed by atoms with Crippen LogP contribution in [0.4, 0.5) is 0 Å². The Hall–Kier alpha value is -0.770. The van der Waals surface area contributed by atoms with E-state index >= 15 is 0 Å².